The van der Waals surface area contributed by atoms with E-state index in [1.807, 2.05) is 0 Å². The van der Waals surface area contributed by atoms with Crippen molar-refractivity contribution in [3.05, 3.63) is 12.7 Å². The van der Waals surface area contributed by atoms with E-state index in [0.29, 0.717) is 6.08 Å². The number of carboxylic acids is 1. The summed E-state index contributed by atoms with van der Waals surface area (Å²) < 4.78 is 8.38. The van der Waals surface area contributed by atoms with Crippen molar-refractivity contribution in [2.75, 3.05) is 0 Å². The van der Waals surface area contributed by atoms with Crippen LogP contribution in [-0.4, -0.2) is 11.1 Å². The molecule has 0 fully saturated rings. The normalized spacial score (nSPS) is 5.43. The number of carbonyl (C=O) groups is 1. The molecule has 0 aromatic heterocycles. The number of hydrogen-bond donors (Lipinski definition) is 1. The van der Waals surface area contributed by atoms with Crippen LogP contribution in [-0.2, 0) is 26.6 Å². The van der Waals surface area contributed by atoms with E-state index < -0.39 is 5.97 Å². The second-order valence-corrected chi connectivity index (χ2v) is 0.505. The first-order chi connectivity index (χ1) is 3.27. The summed E-state index contributed by atoms with van der Waals surface area (Å²) in [6.45, 7) is 4.45. The van der Waals surface area contributed by atoms with Gasteiger partial charge in [-0.25, -0.2) is 4.79 Å². The van der Waals surface area contributed by atoms with Gasteiger partial charge in [0.1, 0.15) is 0 Å². The molecule has 1 N–H and O–H groups in total. The summed E-state index contributed by atoms with van der Waals surface area (Å²) >= 11 is 0.125. The Bertz CT molecular complexity index is 70.6. The fraction of sp³-hybridized carbons (Fsp3) is 0. The van der Waals surface area contributed by atoms with E-state index in [0.717, 1.165) is 0 Å². The van der Waals surface area contributed by atoms with E-state index in [1.54, 1.807) is 0 Å². The number of hydrogen-bond acceptors (Lipinski definition) is 2. The number of rotatable bonds is 1. The Morgan fingerprint density at radius 2 is 1.86 bits per heavy atom. The van der Waals surface area contributed by atoms with Gasteiger partial charge in [0.2, 0.25) is 0 Å². The third-order valence-corrected chi connectivity index (χ3v) is 0.143. The van der Waals surface area contributed by atoms with Crippen LogP contribution in [0.1, 0.15) is 0 Å². The van der Waals surface area contributed by atoms with Gasteiger partial charge in [-0.2, -0.15) is 0 Å². The molecule has 0 aromatic carbocycles. The van der Waals surface area contributed by atoms with E-state index >= 15 is 0 Å². The molecule has 0 saturated heterocycles. The van der Waals surface area contributed by atoms with Crippen molar-refractivity contribution in [2.24, 2.45) is 0 Å². The van der Waals surface area contributed by atoms with Crippen LogP contribution < -0.4 is 0 Å². The molecule has 0 aliphatic rings. The van der Waals surface area contributed by atoms with Gasteiger partial charge in [0, 0.05) is 6.08 Å². The number of carboxylic acid groups (broad SMARTS) is 1. The molecule has 0 bridgehead atoms. The van der Waals surface area contributed by atoms with Crippen LogP contribution >= 0.6 is 0 Å². The van der Waals surface area contributed by atoms with E-state index in [-0.39, 0.29) is 18.3 Å². The molecule has 0 saturated carbocycles. The summed E-state index contributed by atoms with van der Waals surface area (Å²) in [6, 6.07) is 0. The Kier molecular flexibility index (Phi) is 12.8. The Balaban J connectivity index is 0. The topological polar surface area (TPSA) is 54.4 Å². The predicted molar refractivity (Wildman–Crippen MR) is 17.2 cm³/mol. The zero-order valence-electron chi connectivity index (χ0n) is 3.63. The third-order valence-electron chi connectivity index (χ3n) is 0.143. The molecule has 0 rings (SSSR count). The van der Waals surface area contributed by atoms with Crippen molar-refractivity contribution in [2.45, 2.75) is 0 Å². The van der Waals surface area contributed by atoms with Crippen molar-refractivity contribution in [1.82, 2.24) is 0 Å². The van der Waals surface area contributed by atoms with Gasteiger partial charge in [0.05, 0.1) is 0 Å². The van der Waals surface area contributed by atoms with Gasteiger partial charge in [-0.15, -0.1) is 0 Å². The average Bonchev–Trinajstić information content (AvgIpc) is 1.73. The molecule has 0 spiro atoms. The Hall–Kier alpha value is -0.367. The molecule has 0 aromatic rings. The van der Waals surface area contributed by atoms with Crippen LogP contribution in [0.3, 0.4) is 0 Å². The van der Waals surface area contributed by atoms with Crippen LogP contribution in [0.15, 0.2) is 6.08 Å². The third kappa shape index (κ3) is 27.9. The van der Waals surface area contributed by atoms with Crippen molar-refractivity contribution < 1.29 is 31.7 Å². The fourth-order valence-corrected chi connectivity index (χ4v) is 0. The summed E-state index contributed by atoms with van der Waals surface area (Å²) in [5.74, 6) is -1.09. The Morgan fingerprint density at radius 3 is 1.86 bits per heavy atom. The standard InChI is InChI=1S/C3H3O2.O.Zn/c1-2-3(4)5;;/h1-2H,(H,4,5);;. The predicted octanol–water partition coefficient (Wildman–Crippen LogP) is -0.0611. The van der Waals surface area contributed by atoms with Gasteiger partial charge in [-0.05, 0) is 0 Å². The second kappa shape index (κ2) is 9.16. The second-order valence-electron chi connectivity index (χ2n) is 0.505. The molecule has 4 heteroatoms. The minimum absolute atomic E-state index is 0.125. The molecule has 35 valence electrons. The quantitative estimate of drug-likeness (QED) is 0.423. The number of aliphatic carboxylic acids is 1. The molecule has 3 nitrogen and oxygen atoms in total. The van der Waals surface area contributed by atoms with Crippen LogP contribution in [0, 0.1) is 6.58 Å². The molecule has 0 aliphatic heterocycles. The van der Waals surface area contributed by atoms with Crippen LogP contribution in [0.5, 0.6) is 0 Å². The van der Waals surface area contributed by atoms with Crippen LogP contribution in [0.25, 0.3) is 0 Å². The molecule has 0 amide bonds. The molecular formula is C3H3O3Zn. The van der Waals surface area contributed by atoms with Crippen LogP contribution in [0.2, 0.25) is 0 Å². The van der Waals surface area contributed by atoms with Gasteiger partial charge >= 0.3 is 27.8 Å². The summed E-state index contributed by atoms with van der Waals surface area (Å²) in [7, 11) is 0. The zero-order chi connectivity index (χ0) is 6.28. The SMILES string of the molecule is [CH]=CC(=O)O.[O]=[Zn]. The molecule has 0 atom stereocenters. The van der Waals surface area contributed by atoms with E-state index in [4.69, 9.17) is 8.68 Å². The first kappa shape index (κ1) is 9.81. The van der Waals surface area contributed by atoms with Gasteiger partial charge in [0.25, 0.3) is 0 Å². The van der Waals surface area contributed by atoms with Crippen molar-refractivity contribution >= 4 is 5.97 Å². The molecule has 0 unspecified atom stereocenters. The van der Waals surface area contributed by atoms with E-state index in [1.165, 1.54) is 0 Å². The maximum atomic E-state index is 9.19. The van der Waals surface area contributed by atoms with Gasteiger partial charge < -0.3 is 5.11 Å². The van der Waals surface area contributed by atoms with Crippen molar-refractivity contribution in [1.29, 1.82) is 0 Å². The molecule has 0 aliphatic carbocycles. The molecule has 0 heterocycles. The monoisotopic (exact) mass is 151 g/mol. The molecular weight excluding hydrogens is 149 g/mol. The van der Waals surface area contributed by atoms with Crippen molar-refractivity contribution in [3.8, 4) is 0 Å². The van der Waals surface area contributed by atoms with Gasteiger partial charge in [-0.1, -0.05) is 6.58 Å². The first-order valence-electron chi connectivity index (χ1n) is 1.34. The Labute approximate surface area is 51.0 Å². The minimum atomic E-state index is -1.09. The first-order valence-corrected chi connectivity index (χ1v) is 2.55. The van der Waals surface area contributed by atoms with E-state index in [2.05, 4.69) is 6.58 Å². The summed E-state index contributed by atoms with van der Waals surface area (Å²) in [4.78, 5) is 9.19. The van der Waals surface area contributed by atoms with E-state index in [9.17, 15) is 4.79 Å². The summed E-state index contributed by atoms with van der Waals surface area (Å²) in [5, 5.41) is 7.54. The maximum absolute atomic E-state index is 9.19. The average molecular weight is 152 g/mol. The molecule has 7 heavy (non-hydrogen) atoms. The van der Waals surface area contributed by atoms with Gasteiger partial charge in [-0.3, -0.25) is 0 Å². The van der Waals surface area contributed by atoms with Gasteiger partial charge in [0.15, 0.2) is 0 Å². The summed E-state index contributed by atoms with van der Waals surface area (Å²) in [5.41, 5.74) is 0. The van der Waals surface area contributed by atoms with Crippen molar-refractivity contribution in [3.63, 3.8) is 0 Å². The fourth-order valence-electron chi connectivity index (χ4n) is 0. The molecule has 1 radical (unpaired) electrons. The van der Waals surface area contributed by atoms with Crippen LogP contribution in [0.4, 0.5) is 0 Å². The zero-order valence-corrected chi connectivity index (χ0v) is 6.59. The summed E-state index contributed by atoms with van der Waals surface area (Å²) in [6.07, 6.45) is 0.583. The Morgan fingerprint density at radius 1 is 1.71 bits per heavy atom.